The van der Waals surface area contributed by atoms with Crippen molar-refractivity contribution in [2.45, 2.75) is 44.2 Å². The largest absolute Gasteiger partial charge is 0.269 e. The molecule has 0 saturated carbocycles. The molecule has 21 heavy (non-hydrogen) atoms. The second-order valence-corrected chi connectivity index (χ2v) is 6.97. The van der Waals surface area contributed by atoms with Gasteiger partial charge in [-0.15, -0.1) is 0 Å². The highest BCUT2D eigenvalue weighted by atomic mass is 32.2. The lowest BCUT2D eigenvalue weighted by atomic mass is 10.2. The maximum atomic E-state index is 12.4. The van der Waals surface area contributed by atoms with Crippen molar-refractivity contribution in [3.8, 4) is 0 Å². The smallest absolute Gasteiger partial charge is 0.241 e. The van der Waals surface area contributed by atoms with Crippen LogP contribution in [0.3, 0.4) is 0 Å². The van der Waals surface area contributed by atoms with Gasteiger partial charge in [0.1, 0.15) is 0 Å². The zero-order valence-electron chi connectivity index (χ0n) is 12.0. The molecule has 1 aromatic heterocycles. The van der Waals surface area contributed by atoms with Crippen molar-refractivity contribution in [2.24, 2.45) is 0 Å². The molecule has 0 spiro atoms. The molecular weight excluding hydrogens is 286 g/mol. The lowest BCUT2D eigenvalue weighted by Gasteiger charge is -2.09. The summed E-state index contributed by atoms with van der Waals surface area (Å²) in [5, 5.41) is 4.42. The van der Waals surface area contributed by atoms with Crippen LogP contribution in [-0.4, -0.2) is 18.2 Å². The van der Waals surface area contributed by atoms with Gasteiger partial charge in [0.2, 0.25) is 10.0 Å². The van der Waals surface area contributed by atoms with E-state index in [1.807, 2.05) is 29.8 Å². The van der Waals surface area contributed by atoms with Gasteiger partial charge in [0.25, 0.3) is 0 Å². The van der Waals surface area contributed by atoms with Crippen molar-refractivity contribution in [3.63, 3.8) is 0 Å². The lowest BCUT2D eigenvalue weighted by molar-refractivity contribution is 0.577. The summed E-state index contributed by atoms with van der Waals surface area (Å²) >= 11 is 0. The van der Waals surface area contributed by atoms with E-state index >= 15 is 0 Å². The van der Waals surface area contributed by atoms with Crippen LogP contribution in [0, 0.1) is 0 Å². The molecule has 5 nitrogen and oxygen atoms in total. The van der Waals surface area contributed by atoms with Gasteiger partial charge in [0.15, 0.2) is 0 Å². The van der Waals surface area contributed by atoms with Crippen molar-refractivity contribution >= 4 is 10.0 Å². The molecule has 3 rings (SSSR count). The number of aryl methyl sites for hydroxylation is 3. The van der Waals surface area contributed by atoms with Crippen molar-refractivity contribution in [1.29, 1.82) is 0 Å². The van der Waals surface area contributed by atoms with E-state index in [-0.39, 0.29) is 6.54 Å². The van der Waals surface area contributed by atoms with Gasteiger partial charge >= 0.3 is 0 Å². The molecule has 1 aliphatic rings. The Hall–Kier alpha value is -1.66. The summed E-state index contributed by atoms with van der Waals surface area (Å²) in [7, 11) is -3.49. The van der Waals surface area contributed by atoms with E-state index < -0.39 is 10.0 Å². The van der Waals surface area contributed by atoms with Crippen LogP contribution < -0.4 is 4.72 Å². The van der Waals surface area contributed by atoms with Gasteiger partial charge < -0.3 is 0 Å². The highest BCUT2D eigenvalue weighted by Gasteiger charge is 2.19. The molecule has 0 fully saturated rings. The summed E-state index contributed by atoms with van der Waals surface area (Å²) in [6.45, 7) is 3.12. The van der Waals surface area contributed by atoms with Gasteiger partial charge in [0.05, 0.1) is 17.1 Å². The summed E-state index contributed by atoms with van der Waals surface area (Å²) < 4.78 is 29.4. The minimum Gasteiger partial charge on any atom is -0.269 e. The Morgan fingerprint density at radius 2 is 2.14 bits per heavy atom. The Kier molecular flexibility index (Phi) is 3.82. The number of benzene rings is 1. The lowest BCUT2D eigenvalue weighted by Crippen LogP contribution is -2.24. The van der Waals surface area contributed by atoms with E-state index in [2.05, 4.69) is 9.82 Å². The first kappa shape index (κ1) is 14.3. The summed E-state index contributed by atoms with van der Waals surface area (Å²) in [4.78, 5) is 0.360. The van der Waals surface area contributed by atoms with Crippen molar-refractivity contribution in [1.82, 2.24) is 14.5 Å². The first-order chi connectivity index (χ1) is 10.1. The van der Waals surface area contributed by atoms with E-state index in [1.54, 1.807) is 12.1 Å². The monoisotopic (exact) mass is 305 g/mol. The van der Waals surface area contributed by atoms with Crippen LogP contribution in [0.25, 0.3) is 0 Å². The molecule has 1 aromatic carbocycles. The topological polar surface area (TPSA) is 64.0 Å². The summed E-state index contributed by atoms with van der Waals surface area (Å²) in [5.74, 6) is 0. The van der Waals surface area contributed by atoms with E-state index in [4.69, 9.17) is 0 Å². The number of nitrogens with one attached hydrogen (secondary N) is 1. The number of nitrogens with zero attached hydrogens (tertiary/aromatic N) is 2. The number of sulfonamides is 1. The van der Waals surface area contributed by atoms with Crippen molar-refractivity contribution in [2.75, 3.05) is 0 Å². The number of aromatic nitrogens is 2. The standard InChI is InChI=1S/C15H19N3O2S/c1-2-12-6-3-4-8-15(12)21(19,20)16-11-13-10-14-7-5-9-18(14)17-13/h3-4,6,8,10,16H,2,5,7,9,11H2,1H3. The Balaban J connectivity index is 1.76. The van der Waals surface area contributed by atoms with Gasteiger partial charge in [-0.3, -0.25) is 4.68 Å². The molecule has 1 aliphatic heterocycles. The molecule has 1 N–H and O–H groups in total. The minimum atomic E-state index is -3.49. The molecule has 2 aromatic rings. The molecule has 0 unspecified atom stereocenters. The molecule has 0 amide bonds. The maximum absolute atomic E-state index is 12.4. The van der Waals surface area contributed by atoms with Crippen LogP contribution in [0.5, 0.6) is 0 Å². The van der Waals surface area contributed by atoms with Crippen LogP contribution in [0.15, 0.2) is 35.2 Å². The maximum Gasteiger partial charge on any atom is 0.241 e. The molecule has 6 heteroatoms. The molecule has 112 valence electrons. The van der Waals surface area contributed by atoms with E-state index in [0.29, 0.717) is 11.3 Å². The van der Waals surface area contributed by atoms with Gasteiger partial charge in [0, 0.05) is 12.2 Å². The highest BCUT2D eigenvalue weighted by Crippen LogP contribution is 2.18. The summed E-state index contributed by atoms with van der Waals surface area (Å²) in [5.41, 5.74) is 2.80. The molecule has 0 aliphatic carbocycles. The van der Waals surface area contributed by atoms with Gasteiger partial charge in [-0.25, -0.2) is 13.1 Å². The van der Waals surface area contributed by atoms with E-state index in [9.17, 15) is 8.42 Å². The second-order valence-electron chi connectivity index (χ2n) is 5.24. The number of hydrogen-bond donors (Lipinski definition) is 1. The summed E-state index contributed by atoms with van der Waals surface area (Å²) in [6.07, 6.45) is 2.84. The first-order valence-electron chi connectivity index (χ1n) is 7.23. The zero-order valence-corrected chi connectivity index (χ0v) is 12.9. The van der Waals surface area contributed by atoms with Crippen LogP contribution in [-0.2, 0) is 36.0 Å². The van der Waals surface area contributed by atoms with Gasteiger partial charge in [-0.1, -0.05) is 25.1 Å². The summed E-state index contributed by atoms with van der Waals surface area (Å²) in [6, 6.07) is 9.09. The average Bonchev–Trinajstić information content (AvgIpc) is 3.06. The number of hydrogen-bond acceptors (Lipinski definition) is 3. The molecule has 0 radical (unpaired) electrons. The minimum absolute atomic E-state index is 0.236. The number of fused-ring (bicyclic) bond motifs is 1. The number of rotatable bonds is 5. The average molecular weight is 305 g/mol. The normalized spacial score (nSPS) is 14.3. The third kappa shape index (κ3) is 2.87. The Labute approximate surface area is 125 Å². The molecule has 0 bridgehead atoms. The second kappa shape index (κ2) is 5.61. The van der Waals surface area contributed by atoms with Crippen LogP contribution >= 0.6 is 0 Å². The first-order valence-corrected chi connectivity index (χ1v) is 8.71. The van der Waals surface area contributed by atoms with Crippen molar-refractivity contribution < 1.29 is 8.42 Å². The Morgan fingerprint density at radius 1 is 1.33 bits per heavy atom. The Bertz CT molecular complexity index is 729. The van der Waals surface area contributed by atoms with Crippen LogP contribution in [0.4, 0.5) is 0 Å². The molecule has 0 saturated heterocycles. The third-order valence-corrected chi connectivity index (χ3v) is 5.30. The predicted molar refractivity (Wildman–Crippen MR) is 80.4 cm³/mol. The molecule has 0 atom stereocenters. The fourth-order valence-corrected chi connectivity index (χ4v) is 4.02. The zero-order chi connectivity index (χ0) is 14.9. The van der Waals surface area contributed by atoms with E-state index in [1.165, 1.54) is 5.69 Å². The van der Waals surface area contributed by atoms with Gasteiger partial charge in [-0.2, -0.15) is 5.10 Å². The Morgan fingerprint density at radius 3 is 2.90 bits per heavy atom. The fourth-order valence-electron chi connectivity index (χ4n) is 2.71. The SMILES string of the molecule is CCc1ccccc1S(=O)(=O)NCc1cc2n(n1)CCC2. The van der Waals surface area contributed by atoms with Gasteiger partial charge in [-0.05, 0) is 37.0 Å². The van der Waals surface area contributed by atoms with Crippen LogP contribution in [0.2, 0.25) is 0 Å². The molecule has 2 heterocycles. The van der Waals surface area contributed by atoms with E-state index in [0.717, 1.165) is 30.6 Å². The van der Waals surface area contributed by atoms with Crippen LogP contribution in [0.1, 0.15) is 30.3 Å². The predicted octanol–water partition coefficient (Wildman–Crippen LogP) is 1.87. The van der Waals surface area contributed by atoms with Crippen molar-refractivity contribution in [3.05, 3.63) is 47.3 Å². The quantitative estimate of drug-likeness (QED) is 0.917. The highest BCUT2D eigenvalue weighted by molar-refractivity contribution is 7.89. The third-order valence-electron chi connectivity index (χ3n) is 3.80. The fraction of sp³-hybridized carbons (Fsp3) is 0.400. The molecular formula is C15H19N3O2S.